The number of benzene rings is 1. The van der Waals surface area contributed by atoms with E-state index in [-0.39, 0.29) is 11.5 Å². The van der Waals surface area contributed by atoms with Crippen molar-refractivity contribution in [2.75, 3.05) is 12.0 Å². The van der Waals surface area contributed by atoms with E-state index < -0.39 is 25.1 Å². The Kier molecular flexibility index (Phi) is 5.57. The van der Waals surface area contributed by atoms with Gasteiger partial charge >= 0.3 is 5.97 Å². The van der Waals surface area contributed by atoms with E-state index in [1.165, 1.54) is 24.5 Å². The van der Waals surface area contributed by atoms with E-state index in [1.54, 1.807) is 25.3 Å². The van der Waals surface area contributed by atoms with Gasteiger partial charge in [-0.3, -0.25) is 4.68 Å². The fourth-order valence-corrected chi connectivity index (χ4v) is 2.53. The van der Waals surface area contributed by atoms with E-state index in [2.05, 4.69) is 20.4 Å². The zero-order chi connectivity index (χ0) is 20.3. The van der Waals surface area contributed by atoms with Crippen molar-refractivity contribution in [1.29, 1.82) is 0 Å². The SMILES string of the molecule is Cc1cnc(Nc2cnn(C(CF)C(F)F)c2)nc1-c1ccc(C(=O)O)cc1. The largest absolute Gasteiger partial charge is 0.478 e. The molecule has 28 heavy (non-hydrogen) atoms. The summed E-state index contributed by atoms with van der Waals surface area (Å²) in [5.41, 5.74) is 2.52. The molecule has 1 aromatic carbocycles. The molecule has 0 bridgehead atoms. The molecule has 0 aliphatic heterocycles. The zero-order valence-corrected chi connectivity index (χ0v) is 14.7. The molecule has 2 N–H and O–H groups in total. The molecule has 1 atom stereocenters. The number of hydrogen-bond donors (Lipinski definition) is 2. The number of carbonyl (C=O) groups is 1. The first-order valence-electron chi connectivity index (χ1n) is 8.21. The second-order valence-electron chi connectivity index (χ2n) is 6.00. The predicted molar refractivity (Wildman–Crippen MR) is 95.7 cm³/mol. The molecule has 3 rings (SSSR count). The number of aromatic nitrogens is 4. The summed E-state index contributed by atoms with van der Waals surface area (Å²) >= 11 is 0. The molecule has 0 saturated carbocycles. The number of alkyl halides is 3. The summed E-state index contributed by atoms with van der Waals surface area (Å²) in [5, 5.41) is 15.6. The maximum Gasteiger partial charge on any atom is 0.335 e. The molecule has 10 heteroatoms. The van der Waals surface area contributed by atoms with Gasteiger partial charge < -0.3 is 10.4 Å². The Balaban J connectivity index is 1.84. The summed E-state index contributed by atoms with van der Waals surface area (Å²) in [5.74, 6) is -0.836. The highest BCUT2D eigenvalue weighted by atomic mass is 19.3. The van der Waals surface area contributed by atoms with Gasteiger partial charge in [0.1, 0.15) is 12.7 Å². The van der Waals surface area contributed by atoms with Gasteiger partial charge in [0, 0.05) is 18.0 Å². The number of aryl methyl sites for hydroxylation is 1. The highest BCUT2D eigenvalue weighted by molar-refractivity contribution is 5.88. The Labute approximate surface area is 157 Å². The Bertz CT molecular complexity index is 976. The Hall–Kier alpha value is -3.43. The van der Waals surface area contributed by atoms with Gasteiger partial charge in [-0.05, 0) is 24.6 Å². The fourth-order valence-electron chi connectivity index (χ4n) is 2.53. The second-order valence-corrected chi connectivity index (χ2v) is 6.00. The minimum absolute atomic E-state index is 0.155. The molecule has 0 radical (unpaired) electrons. The third-order valence-electron chi connectivity index (χ3n) is 4.02. The second kappa shape index (κ2) is 8.07. The maximum absolute atomic E-state index is 12.8. The van der Waals surface area contributed by atoms with Gasteiger partial charge in [-0.2, -0.15) is 5.10 Å². The molecule has 2 aromatic heterocycles. The van der Waals surface area contributed by atoms with Crippen molar-refractivity contribution < 1.29 is 23.1 Å². The first-order chi connectivity index (χ1) is 13.4. The van der Waals surface area contributed by atoms with Crippen molar-refractivity contribution in [3.63, 3.8) is 0 Å². The smallest absolute Gasteiger partial charge is 0.335 e. The molecular formula is C18H16F3N5O2. The number of aromatic carboxylic acids is 1. The average Bonchev–Trinajstić information content (AvgIpc) is 3.11. The minimum Gasteiger partial charge on any atom is -0.478 e. The summed E-state index contributed by atoms with van der Waals surface area (Å²) in [6.45, 7) is 0.563. The topological polar surface area (TPSA) is 92.9 Å². The van der Waals surface area contributed by atoms with Crippen LogP contribution in [-0.4, -0.2) is 43.9 Å². The number of anilines is 2. The third kappa shape index (κ3) is 4.11. The van der Waals surface area contributed by atoms with Gasteiger partial charge in [0.05, 0.1) is 23.1 Å². The lowest BCUT2D eigenvalue weighted by Crippen LogP contribution is -2.19. The van der Waals surface area contributed by atoms with E-state index in [1.807, 2.05) is 0 Å². The van der Waals surface area contributed by atoms with Gasteiger partial charge in [0.15, 0.2) is 0 Å². The number of rotatable bonds is 7. The zero-order valence-electron chi connectivity index (χ0n) is 14.7. The molecule has 0 aliphatic carbocycles. The number of nitrogens with zero attached hydrogens (tertiary/aromatic N) is 4. The van der Waals surface area contributed by atoms with Crippen molar-refractivity contribution in [3.05, 3.63) is 54.0 Å². The first kappa shape index (κ1) is 19.3. The van der Waals surface area contributed by atoms with Crippen LogP contribution < -0.4 is 5.32 Å². The lowest BCUT2D eigenvalue weighted by atomic mass is 10.1. The number of carboxylic acid groups (broad SMARTS) is 1. The first-order valence-corrected chi connectivity index (χ1v) is 8.21. The molecular weight excluding hydrogens is 375 g/mol. The number of hydrogen-bond acceptors (Lipinski definition) is 5. The molecule has 146 valence electrons. The van der Waals surface area contributed by atoms with Crippen molar-refractivity contribution in [2.24, 2.45) is 0 Å². The molecule has 1 unspecified atom stereocenters. The molecule has 7 nitrogen and oxygen atoms in total. The average molecular weight is 391 g/mol. The van der Waals surface area contributed by atoms with Crippen LogP contribution in [0.5, 0.6) is 0 Å². The van der Waals surface area contributed by atoms with Crippen molar-refractivity contribution in [2.45, 2.75) is 19.4 Å². The lowest BCUT2D eigenvalue weighted by Gasteiger charge is -2.12. The highest BCUT2D eigenvalue weighted by Crippen LogP contribution is 2.24. The van der Waals surface area contributed by atoms with Crippen molar-refractivity contribution >= 4 is 17.6 Å². The van der Waals surface area contributed by atoms with Crippen LogP contribution in [0.25, 0.3) is 11.3 Å². The summed E-state index contributed by atoms with van der Waals surface area (Å²) < 4.78 is 39.2. The molecule has 0 fully saturated rings. The van der Waals surface area contributed by atoms with E-state index >= 15 is 0 Å². The Morgan fingerprint density at radius 2 is 1.96 bits per heavy atom. The van der Waals surface area contributed by atoms with Crippen LogP contribution in [0.15, 0.2) is 42.9 Å². The Morgan fingerprint density at radius 3 is 2.57 bits per heavy atom. The van der Waals surface area contributed by atoms with Crippen LogP contribution in [0, 0.1) is 6.92 Å². The number of halogens is 3. The monoisotopic (exact) mass is 391 g/mol. The summed E-state index contributed by atoms with van der Waals surface area (Å²) in [6, 6.07) is 4.55. The molecule has 0 saturated heterocycles. The van der Waals surface area contributed by atoms with E-state index in [0.717, 1.165) is 10.2 Å². The van der Waals surface area contributed by atoms with E-state index in [9.17, 15) is 18.0 Å². The van der Waals surface area contributed by atoms with E-state index in [4.69, 9.17) is 5.11 Å². The standard InChI is InChI=1S/C18H16F3N5O2/c1-10-7-22-18(24-13-8-23-26(9-13)14(6-19)16(20)21)25-15(10)11-2-4-12(5-3-11)17(27)28/h2-5,7-9,14,16H,6H2,1H3,(H,27,28)(H,22,24,25). The van der Waals surface area contributed by atoms with Gasteiger partial charge in [0.25, 0.3) is 6.43 Å². The summed E-state index contributed by atoms with van der Waals surface area (Å²) in [4.78, 5) is 19.5. The molecule has 0 spiro atoms. The third-order valence-corrected chi connectivity index (χ3v) is 4.02. The molecule has 3 aromatic rings. The van der Waals surface area contributed by atoms with Gasteiger partial charge in [-0.1, -0.05) is 12.1 Å². The van der Waals surface area contributed by atoms with E-state index in [0.29, 0.717) is 16.9 Å². The Morgan fingerprint density at radius 1 is 1.25 bits per heavy atom. The molecule has 0 aliphatic rings. The molecule has 0 amide bonds. The van der Waals surface area contributed by atoms with Crippen LogP contribution in [-0.2, 0) is 0 Å². The maximum atomic E-state index is 12.8. The van der Waals surface area contributed by atoms with Gasteiger partial charge in [-0.15, -0.1) is 0 Å². The normalized spacial score (nSPS) is 12.2. The van der Waals surface area contributed by atoms with Crippen LogP contribution in [0.4, 0.5) is 24.8 Å². The van der Waals surface area contributed by atoms with Crippen molar-refractivity contribution in [3.8, 4) is 11.3 Å². The number of nitrogens with one attached hydrogen (secondary N) is 1. The van der Waals surface area contributed by atoms with Gasteiger partial charge in [0.2, 0.25) is 5.95 Å². The van der Waals surface area contributed by atoms with Gasteiger partial charge in [-0.25, -0.2) is 27.9 Å². The predicted octanol–water partition coefficient (Wildman–Crippen LogP) is 3.87. The summed E-state index contributed by atoms with van der Waals surface area (Å²) in [6.07, 6.45) is 1.22. The van der Waals surface area contributed by atoms with Crippen LogP contribution in [0.1, 0.15) is 22.0 Å². The lowest BCUT2D eigenvalue weighted by molar-refractivity contribution is 0.0623. The van der Waals surface area contributed by atoms with Crippen molar-refractivity contribution in [1.82, 2.24) is 19.7 Å². The number of carboxylic acids is 1. The minimum atomic E-state index is -2.88. The van der Waals surface area contributed by atoms with Crippen LogP contribution in [0.3, 0.4) is 0 Å². The highest BCUT2D eigenvalue weighted by Gasteiger charge is 2.23. The molecule has 2 heterocycles. The summed E-state index contributed by atoms with van der Waals surface area (Å²) in [7, 11) is 0. The van der Waals surface area contributed by atoms with Crippen LogP contribution in [0.2, 0.25) is 0 Å². The quantitative estimate of drug-likeness (QED) is 0.635. The van der Waals surface area contributed by atoms with Crippen LogP contribution >= 0.6 is 0 Å². The fraction of sp³-hybridized carbons (Fsp3) is 0.222.